The molecule has 1 heterocycles. The van der Waals surface area contributed by atoms with Crippen molar-refractivity contribution in [3.63, 3.8) is 0 Å². The monoisotopic (exact) mass is 280 g/mol. The van der Waals surface area contributed by atoms with Gasteiger partial charge < -0.3 is 14.9 Å². The van der Waals surface area contributed by atoms with Crippen LogP contribution < -0.4 is 5.32 Å². The molecule has 3 atom stereocenters. The number of aliphatic carboxylic acids is 1. The molecule has 110 valence electrons. The summed E-state index contributed by atoms with van der Waals surface area (Å²) in [5.41, 5.74) is 1.61. The number of nitrogens with zero attached hydrogens (tertiary/aromatic N) is 1. The molecule has 0 saturated heterocycles. The molecule has 1 fully saturated rings. The number of carbonyl (C=O) groups excluding carboxylic acids is 1. The van der Waals surface area contributed by atoms with Gasteiger partial charge in [0.25, 0.3) is 0 Å². The highest BCUT2D eigenvalue weighted by atomic mass is 16.5. The van der Waals surface area contributed by atoms with Crippen LogP contribution in [0, 0.1) is 25.7 Å². The fraction of sp³-hybridized carbons (Fsp3) is 0.643. The number of amides is 1. The number of rotatable bonds is 4. The van der Waals surface area contributed by atoms with Crippen LogP contribution in [0.25, 0.3) is 0 Å². The quantitative estimate of drug-likeness (QED) is 0.879. The fourth-order valence-electron chi connectivity index (χ4n) is 3.07. The Morgan fingerprint density at radius 1 is 1.35 bits per heavy atom. The predicted octanol–water partition coefficient (Wildman–Crippen LogP) is 1.97. The molecule has 1 aliphatic rings. The number of carboxylic acids is 1. The van der Waals surface area contributed by atoms with E-state index >= 15 is 0 Å². The smallest absolute Gasteiger partial charge is 0.307 e. The third kappa shape index (κ3) is 2.69. The lowest BCUT2D eigenvalue weighted by molar-refractivity contribution is -0.146. The molecule has 0 radical (unpaired) electrons. The average Bonchev–Trinajstić information content (AvgIpc) is 2.96. The minimum atomic E-state index is -0.882. The zero-order chi connectivity index (χ0) is 14.9. The fourth-order valence-corrected chi connectivity index (χ4v) is 3.07. The van der Waals surface area contributed by atoms with E-state index in [0.29, 0.717) is 18.6 Å². The van der Waals surface area contributed by atoms with E-state index in [1.54, 1.807) is 6.92 Å². The van der Waals surface area contributed by atoms with E-state index in [-0.39, 0.29) is 11.9 Å². The van der Waals surface area contributed by atoms with Gasteiger partial charge in [0.15, 0.2) is 0 Å². The first-order valence-electron chi connectivity index (χ1n) is 6.87. The normalized spacial score (nSPS) is 23.6. The van der Waals surface area contributed by atoms with Crippen LogP contribution in [0.4, 0.5) is 0 Å². The Bertz CT molecular complexity index is 504. The van der Waals surface area contributed by atoms with Crippen LogP contribution in [0.5, 0.6) is 0 Å². The van der Waals surface area contributed by atoms with Crippen molar-refractivity contribution >= 4 is 11.9 Å². The van der Waals surface area contributed by atoms with Gasteiger partial charge in [-0.25, -0.2) is 0 Å². The molecule has 1 amide bonds. The number of hydrogen-bond donors (Lipinski definition) is 2. The summed E-state index contributed by atoms with van der Waals surface area (Å²) in [6.45, 7) is 5.48. The minimum Gasteiger partial charge on any atom is -0.481 e. The second-order valence-electron chi connectivity index (χ2n) is 5.45. The summed E-state index contributed by atoms with van der Waals surface area (Å²) in [6.07, 6.45) is 2.00. The third-order valence-corrected chi connectivity index (χ3v) is 4.05. The largest absolute Gasteiger partial charge is 0.481 e. The first kappa shape index (κ1) is 14.6. The number of carbonyl (C=O) groups is 2. The first-order chi connectivity index (χ1) is 9.41. The maximum Gasteiger partial charge on any atom is 0.307 e. The summed E-state index contributed by atoms with van der Waals surface area (Å²) in [4.78, 5) is 23.4. The lowest BCUT2D eigenvalue weighted by Crippen LogP contribution is -2.36. The van der Waals surface area contributed by atoms with Gasteiger partial charge in [0.1, 0.15) is 5.76 Å². The highest BCUT2D eigenvalue weighted by Gasteiger charge is 2.38. The van der Waals surface area contributed by atoms with Crippen molar-refractivity contribution < 1.29 is 19.2 Å². The van der Waals surface area contributed by atoms with Gasteiger partial charge >= 0.3 is 5.97 Å². The molecule has 1 aliphatic carbocycles. The van der Waals surface area contributed by atoms with Crippen LogP contribution in [0.1, 0.15) is 49.2 Å². The van der Waals surface area contributed by atoms with E-state index < -0.39 is 17.8 Å². The number of carboxylic acid groups (broad SMARTS) is 1. The van der Waals surface area contributed by atoms with Gasteiger partial charge in [0.2, 0.25) is 5.91 Å². The maximum atomic E-state index is 12.3. The third-order valence-electron chi connectivity index (χ3n) is 4.05. The summed E-state index contributed by atoms with van der Waals surface area (Å²) in [7, 11) is 0. The maximum absolute atomic E-state index is 12.3. The molecule has 2 N–H and O–H groups in total. The lowest BCUT2D eigenvalue weighted by Gasteiger charge is -2.19. The molecular weight excluding hydrogens is 260 g/mol. The number of aryl methyl sites for hydroxylation is 2. The molecule has 0 aromatic carbocycles. The zero-order valence-electron chi connectivity index (χ0n) is 12.0. The van der Waals surface area contributed by atoms with Crippen molar-refractivity contribution in [3.8, 4) is 0 Å². The molecule has 3 unspecified atom stereocenters. The zero-order valence-corrected chi connectivity index (χ0v) is 12.0. The molecule has 0 spiro atoms. The van der Waals surface area contributed by atoms with Crippen LogP contribution in [-0.2, 0) is 9.59 Å². The Morgan fingerprint density at radius 2 is 2.00 bits per heavy atom. The molecule has 0 aliphatic heterocycles. The Kier molecular flexibility index (Phi) is 4.11. The van der Waals surface area contributed by atoms with E-state index in [1.165, 1.54) is 0 Å². The standard InChI is InChI=1S/C14H20N2O4/c1-7(12-8(2)16-20-9(12)3)15-13(17)10-5-4-6-11(10)14(18)19/h7,10-11H,4-6H2,1-3H3,(H,15,17)(H,18,19). The van der Waals surface area contributed by atoms with E-state index in [0.717, 1.165) is 17.7 Å². The van der Waals surface area contributed by atoms with Crippen LogP contribution in [0.2, 0.25) is 0 Å². The van der Waals surface area contributed by atoms with Crippen molar-refractivity contribution in [2.45, 2.75) is 46.1 Å². The van der Waals surface area contributed by atoms with Crippen LogP contribution in [0.3, 0.4) is 0 Å². The predicted molar refractivity (Wildman–Crippen MR) is 71.0 cm³/mol. The topological polar surface area (TPSA) is 92.4 Å². The highest BCUT2D eigenvalue weighted by Crippen LogP contribution is 2.33. The molecule has 1 aromatic rings. The van der Waals surface area contributed by atoms with E-state index in [4.69, 9.17) is 9.63 Å². The van der Waals surface area contributed by atoms with E-state index in [2.05, 4.69) is 10.5 Å². The van der Waals surface area contributed by atoms with Gasteiger partial charge in [-0.1, -0.05) is 11.6 Å². The molecule has 0 bridgehead atoms. The van der Waals surface area contributed by atoms with E-state index in [9.17, 15) is 9.59 Å². The number of nitrogens with one attached hydrogen (secondary N) is 1. The summed E-state index contributed by atoms with van der Waals surface area (Å²) < 4.78 is 5.09. The molecule has 6 nitrogen and oxygen atoms in total. The van der Waals surface area contributed by atoms with Crippen molar-refractivity contribution in [2.75, 3.05) is 0 Å². The van der Waals surface area contributed by atoms with Crippen LogP contribution in [-0.4, -0.2) is 22.1 Å². The van der Waals surface area contributed by atoms with Gasteiger partial charge in [0.05, 0.1) is 23.6 Å². The van der Waals surface area contributed by atoms with Gasteiger partial charge in [0, 0.05) is 5.56 Å². The summed E-state index contributed by atoms with van der Waals surface area (Å²) in [5.74, 6) is -1.39. The molecule has 20 heavy (non-hydrogen) atoms. The average molecular weight is 280 g/mol. The summed E-state index contributed by atoms with van der Waals surface area (Å²) >= 11 is 0. The van der Waals surface area contributed by atoms with Crippen molar-refractivity contribution in [1.29, 1.82) is 0 Å². The molecule has 2 rings (SSSR count). The second-order valence-corrected chi connectivity index (χ2v) is 5.45. The molecular formula is C14H20N2O4. The van der Waals surface area contributed by atoms with Gasteiger partial charge in [-0.05, 0) is 33.6 Å². The Hall–Kier alpha value is -1.85. The Labute approximate surface area is 117 Å². The molecule has 1 saturated carbocycles. The Balaban J connectivity index is 2.06. The summed E-state index contributed by atoms with van der Waals surface area (Å²) in [6, 6.07) is -0.233. The number of hydrogen-bond acceptors (Lipinski definition) is 4. The Morgan fingerprint density at radius 3 is 2.55 bits per heavy atom. The number of aromatic nitrogens is 1. The van der Waals surface area contributed by atoms with Crippen LogP contribution in [0.15, 0.2) is 4.52 Å². The van der Waals surface area contributed by atoms with Crippen molar-refractivity contribution in [3.05, 3.63) is 17.0 Å². The van der Waals surface area contributed by atoms with Gasteiger partial charge in [-0.2, -0.15) is 0 Å². The second kappa shape index (κ2) is 5.64. The first-order valence-corrected chi connectivity index (χ1v) is 6.87. The molecule has 1 aromatic heterocycles. The minimum absolute atomic E-state index is 0.192. The van der Waals surface area contributed by atoms with Crippen LogP contribution >= 0.6 is 0 Å². The van der Waals surface area contributed by atoms with Crippen molar-refractivity contribution in [1.82, 2.24) is 10.5 Å². The highest BCUT2D eigenvalue weighted by molar-refractivity contribution is 5.85. The molecule has 6 heteroatoms. The summed E-state index contributed by atoms with van der Waals surface area (Å²) in [5, 5.41) is 15.9. The van der Waals surface area contributed by atoms with Gasteiger partial charge in [-0.15, -0.1) is 0 Å². The van der Waals surface area contributed by atoms with Crippen molar-refractivity contribution in [2.24, 2.45) is 11.8 Å². The SMILES string of the molecule is Cc1noc(C)c1C(C)NC(=O)C1CCCC1C(=O)O. The van der Waals surface area contributed by atoms with Gasteiger partial charge in [-0.3, -0.25) is 9.59 Å². The van der Waals surface area contributed by atoms with E-state index in [1.807, 2.05) is 13.8 Å². The lowest BCUT2D eigenvalue weighted by atomic mass is 9.94.